The highest BCUT2D eigenvalue weighted by atomic mass is 16.4. The molecule has 86 valence electrons. The first-order valence-corrected chi connectivity index (χ1v) is 5.10. The third kappa shape index (κ3) is 2.49. The Morgan fingerprint density at radius 1 is 1.24 bits per heavy atom. The maximum absolute atomic E-state index is 10.8. The number of carbonyl (C=O) groups is 1. The lowest BCUT2D eigenvalue weighted by Crippen LogP contribution is -1.97. The number of aliphatic hydroxyl groups excluding tert-OH is 1. The van der Waals surface area contributed by atoms with Gasteiger partial charge < -0.3 is 10.2 Å². The van der Waals surface area contributed by atoms with Gasteiger partial charge in [0.05, 0.1) is 17.9 Å². The smallest absolute Gasteiger partial charge is 0.335 e. The van der Waals surface area contributed by atoms with Crippen LogP contribution in [-0.2, 0) is 6.61 Å². The second-order valence-electron chi connectivity index (χ2n) is 3.59. The fourth-order valence-electron chi connectivity index (χ4n) is 1.55. The van der Waals surface area contributed by atoms with Gasteiger partial charge in [-0.2, -0.15) is 0 Å². The second-order valence-corrected chi connectivity index (χ2v) is 3.59. The van der Waals surface area contributed by atoms with E-state index in [1.165, 1.54) is 18.3 Å². The molecule has 2 rings (SSSR count). The molecule has 0 aliphatic heterocycles. The number of rotatable bonds is 3. The van der Waals surface area contributed by atoms with Gasteiger partial charge in [0.2, 0.25) is 0 Å². The molecular formula is C13H11NO3. The van der Waals surface area contributed by atoms with E-state index in [9.17, 15) is 4.79 Å². The van der Waals surface area contributed by atoms with Crippen LogP contribution >= 0.6 is 0 Å². The molecule has 0 saturated carbocycles. The van der Waals surface area contributed by atoms with Crippen LogP contribution in [0.25, 0.3) is 11.3 Å². The summed E-state index contributed by atoms with van der Waals surface area (Å²) in [7, 11) is 0. The average molecular weight is 229 g/mol. The third-order valence-electron chi connectivity index (χ3n) is 2.41. The van der Waals surface area contributed by atoms with Crippen molar-refractivity contribution < 1.29 is 15.0 Å². The largest absolute Gasteiger partial charge is 0.478 e. The summed E-state index contributed by atoms with van der Waals surface area (Å²) in [5.41, 5.74) is 2.34. The van der Waals surface area contributed by atoms with E-state index in [4.69, 9.17) is 10.2 Å². The lowest BCUT2D eigenvalue weighted by Gasteiger charge is -2.03. The Kier molecular flexibility index (Phi) is 3.16. The van der Waals surface area contributed by atoms with Gasteiger partial charge in [-0.3, -0.25) is 4.98 Å². The van der Waals surface area contributed by atoms with E-state index < -0.39 is 5.97 Å². The second kappa shape index (κ2) is 4.76. The molecule has 0 radical (unpaired) electrons. The molecule has 0 saturated heterocycles. The molecule has 0 spiro atoms. The molecule has 2 N–H and O–H groups in total. The van der Waals surface area contributed by atoms with Crippen LogP contribution in [0.15, 0.2) is 42.6 Å². The molecule has 0 fully saturated rings. The molecule has 1 heterocycles. The number of hydrogen-bond donors (Lipinski definition) is 2. The molecule has 4 heteroatoms. The van der Waals surface area contributed by atoms with Crippen molar-refractivity contribution >= 4 is 5.97 Å². The van der Waals surface area contributed by atoms with Crippen LogP contribution in [0.3, 0.4) is 0 Å². The Hall–Kier alpha value is -2.20. The van der Waals surface area contributed by atoms with E-state index in [2.05, 4.69) is 4.98 Å². The van der Waals surface area contributed by atoms with Crippen LogP contribution < -0.4 is 0 Å². The van der Waals surface area contributed by atoms with Crippen molar-refractivity contribution in [2.75, 3.05) is 0 Å². The lowest BCUT2D eigenvalue weighted by atomic mass is 10.1. The zero-order valence-corrected chi connectivity index (χ0v) is 9.00. The Morgan fingerprint density at radius 2 is 2.06 bits per heavy atom. The minimum absolute atomic E-state index is 0.0491. The Bertz CT molecular complexity index is 552. The highest BCUT2D eigenvalue weighted by Gasteiger charge is 2.06. The number of carboxylic acids is 1. The monoisotopic (exact) mass is 229 g/mol. The first-order chi connectivity index (χ1) is 8.20. The maximum Gasteiger partial charge on any atom is 0.335 e. The SMILES string of the molecule is O=C(O)c1ccnc(-c2cccc(CO)c2)c1. The Labute approximate surface area is 98.2 Å². The van der Waals surface area contributed by atoms with Crippen molar-refractivity contribution in [1.82, 2.24) is 4.98 Å². The summed E-state index contributed by atoms with van der Waals surface area (Å²) in [6.07, 6.45) is 1.46. The molecule has 0 aliphatic carbocycles. The van der Waals surface area contributed by atoms with Crippen molar-refractivity contribution in [3.8, 4) is 11.3 Å². The topological polar surface area (TPSA) is 70.4 Å². The van der Waals surface area contributed by atoms with Gasteiger partial charge in [-0.1, -0.05) is 18.2 Å². The highest BCUT2D eigenvalue weighted by molar-refractivity contribution is 5.88. The van der Waals surface area contributed by atoms with Crippen LogP contribution in [0.2, 0.25) is 0 Å². The minimum Gasteiger partial charge on any atom is -0.478 e. The van der Waals surface area contributed by atoms with E-state index in [0.29, 0.717) is 5.69 Å². The Balaban J connectivity index is 2.45. The zero-order chi connectivity index (χ0) is 12.3. The summed E-state index contributed by atoms with van der Waals surface area (Å²) in [6, 6.07) is 10.2. The van der Waals surface area contributed by atoms with E-state index in [1.54, 1.807) is 18.2 Å². The Morgan fingerprint density at radius 3 is 2.76 bits per heavy atom. The third-order valence-corrected chi connectivity index (χ3v) is 2.41. The molecule has 17 heavy (non-hydrogen) atoms. The van der Waals surface area contributed by atoms with Gasteiger partial charge in [0.25, 0.3) is 0 Å². The summed E-state index contributed by atoms with van der Waals surface area (Å²) < 4.78 is 0. The van der Waals surface area contributed by atoms with Crippen molar-refractivity contribution in [3.05, 3.63) is 53.7 Å². The quantitative estimate of drug-likeness (QED) is 0.843. The number of aliphatic hydroxyl groups is 1. The normalized spacial score (nSPS) is 10.2. The predicted molar refractivity (Wildman–Crippen MR) is 62.6 cm³/mol. The van der Waals surface area contributed by atoms with E-state index in [-0.39, 0.29) is 12.2 Å². The summed E-state index contributed by atoms with van der Waals surface area (Å²) in [5.74, 6) is -0.980. The van der Waals surface area contributed by atoms with Crippen molar-refractivity contribution in [1.29, 1.82) is 0 Å². The van der Waals surface area contributed by atoms with E-state index >= 15 is 0 Å². The van der Waals surface area contributed by atoms with Gasteiger partial charge in [-0.25, -0.2) is 4.79 Å². The molecule has 0 aliphatic rings. The number of benzene rings is 1. The molecule has 0 amide bonds. The maximum atomic E-state index is 10.8. The number of pyridine rings is 1. The molecule has 2 aromatic rings. The molecule has 0 unspecified atom stereocenters. The summed E-state index contributed by atoms with van der Waals surface area (Å²) in [5, 5.41) is 17.9. The van der Waals surface area contributed by atoms with Gasteiger partial charge in [-0.15, -0.1) is 0 Å². The van der Waals surface area contributed by atoms with Gasteiger partial charge in [0.1, 0.15) is 0 Å². The molecule has 0 bridgehead atoms. The van der Waals surface area contributed by atoms with Crippen LogP contribution in [0.5, 0.6) is 0 Å². The molecule has 0 atom stereocenters. The van der Waals surface area contributed by atoms with E-state index in [0.717, 1.165) is 11.1 Å². The van der Waals surface area contributed by atoms with Gasteiger partial charge in [0, 0.05) is 11.8 Å². The lowest BCUT2D eigenvalue weighted by molar-refractivity contribution is 0.0697. The fraction of sp³-hybridized carbons (Fsp3) is 0.0769. The number of aromatic carboxylic acids is 1. The summed E-state index contributed by atoms with van der Waals surface area (Å²) in [4.78, 5) is 15.0. The minimum atomic E-state index is -0.980. The number of nitrogens with zero attached hydrogens (tertiary/aromatic N) is 1. The van der Waals surface area contributed by atoms with Crippen LogP contribution in [0.4, 0.5) is 0 Å². The van der Waals surface area contributed by atoms with E-state index in [1.807, 2.05) is 6.07 Å². The molecule has 1 aromatic carbocycles. The molecular weight excluding hydrogens is 218 g/mol. The van der Waals surface area contributed by atoms with Gasteiger partial charge in [0.15, 0.2) is 0 Å². The first kappa shape index (κ1) is 11.3. The summed E-state index contributed by atoms with van der Waals surface area (Å²) in [6.45, 7) is -0.0491. The predicted octanol–water partition coefficient (Wildman–Crippen LogP) is 1.94. The number of carboxylic acid groups (broad SMARTS) is 1. The zero-order valence-electron chi connectivity index (χ0n) is 9.00. The van der Waals surface area contributed by atoms with Crippen molar-refractivity contribution in [2.45, 2.75) is 6.61 Å². The van der Waals surface area contributed by atoms with Crippen molar-refractivity contribution in [2.24, 2.45) is 0 Å². The fourth-order valence-corrected chi connectivity index (χ4v) is 1.55. The molecule has 4 nitrogen and oxygen atoms in total. The van der Waals surface area contributed by atoms with Crippen LogP contribution in [-0.4, -0.2) is 21.2 Å². The first-order valence-electron chi connectivity index (χ1n) is 5.10. The van der Waals surface area contributed by atoms with Crippen LogP contribution in [0.1, 0.15) is 15.9 Å². The van der Waals surface area contributed by atoms with Crippen LogP contribution in [0, 0.1) is 0 Å². The van der Waals surface area contributed by atoms with Gasteiger partial charge in [-0.05, 0) is 23.8 Å². The highest BCUT2D eigenvalue weighted by Crippen LogP contribution is 2.19. The standard InChI is InChI=1S/C13H11NO3/c15-8-9-2-1-3-10(6-9)12-7-11(13(16)17)4-5-14-12/h1-7,15H,8H2,(H,16,17). The molecule has 1 aromatic heterocycles. The number of hydrogen-bond acceptors (Lipinski definition) is 3. The van der Waals surface area contributed by atoms with Crippen molar-refractivity contribution in [3.63, 3.8) is 0 Å². The van der Waals surface area contributed by atoms with Gasteiger partial charge >= 0.3 is 5.97 Å². The summed E-state index contributed by atoms with van der Waals surface area (Å²) >= 11 is 0. The number of aromatic nitrogens is 1. The average Bonchev–Trinajstić information content (AvgIpc) is 2.39.